The van der Waals surface area contributed by atoms with E-state index in [1.807, 2.05) is 59.4 Å². The normalized spacial score (nSPS) is 19.6. The molecule has 1 aromatic heterocycles. The van der Waals surface area contributed by atoms with E-state index in [1.54, 1.807) is 11.8 Å². The molecule has 2 atom stereocenters. The smallest absolute Gasteiger partial charge is 0.246 e. The number of amides is 1. The number of anilines is 1. The Bertz CT molecular complexity index is 971. The number of nitrogens with zero attached hydrogens (tertiary/aromatic N) is 3. The van der Waals surface area contributed by atoms with Gasteiger partial charge in [-0.2, -0.15) is 5.26 Å². The molecule has 1 N–H and O–H groups in total. The van der Waals surface area contributed by atoms with Gasteiger partial charge < -0.3 is 4.57 Å². The molecule has 24 heavy (non-hydrogen) atoms. The predicted octanol–water partition coefficient (Wildman–Crippen LogP) is 3.44. The van der Waals surface area contributed by atoms with Gasteiger partial charge in [-0.1, -0.05) is 24.3 Å². The average Bonchev–Trinajstić information content (AvgIpc) is 2.98. The molecule has 0 fully saturated rings. The van der Waals surface area contributed by atoms with Crippen molar-refractivity contribution in [2.45, 2.75) is 10.9 Å². The van der Waals surface area contributed by atoms with Crippen molar-refractivity contribution >= 4 is 34.7 Å². The molecule has 2 heterocycles. The quantitative estimate of drug-likeness (QED) is 0.729. The summed E-state index contributed by atoms with van der Waals surface area (Å²) < 4.78 is 1.96. The van der Waals surface area contributed by atoms with Gasteiger partial charge >= 0.3 is 0 Å². The summed E-state index contributed by atoms with van der Waals surface area (Å²) in [6.07, 6.45) is 2.02. The molecule has 0 saturated carbocycles. The average molecular weight is 334 g/mol. The topological polar surface area (TPSA) is 70.7 Å². The van der Waals surface area contributed by atoms with Crippen LogP contribution in [0.4, 0.5) is 5.95 Å². The van der Waals surface area contributed by atoms with Gasteiger partial charge in [-0.3, -0.25) is 10.1 Å². The van der Waals surface area contributed by atoms with E-state index in [0.717, 1.165) is 21.5 Å². The molecule has 0 radical (unpaired) electrons. The SMILES string of the molecule is CSc1ccc([C@@H]2[C@@H](C#N)C(=O)Nc3nc4ccccc4n32)cc1. The lowest BCUT2D eigenvalue weighted by Gasteiger charge is -2.30. The summed E-state index contributed by atoms with van der Waals surface area (Å²) >= 11 is 1.66. The summed E-state index contributed by atoms with van der Waals surface area (Å²) in [6, 6.07) is 17.5. The second-order valence-electron chi connectivity index (χ2n) is 5.61. The lowest BCUT2D eigenvalue weighted by molar-refractivity contribution is -0.119. The second-order valence-corrected chi connectivity index (χ2v) is 6.49. The van der Waals surface area contributed by atoms with Crippen LogP contribution in [0.25, 0.3) is 11.0 Å². The van der Waals surface area contributed by atoms with Gasteiger partial charge in [0.1, 0.15) is 0 Å². The van der Waals surface area contributed by atoms with Gasteiger partial charge in [-0.25, -0.2) is 4.98 Å². The first kappa shape index (κ1) is 14.8. The summed E-state index contributed by atoms with van der Waals surface area (Å²) in [5, 5.41) is 12.3. The van der Waals surface area contributed by atoms with Crippen molar-refractivity contribution in [3.8, 4) is 6.07 Å². The molecule has 2 aromatic carbocycles. The Hall–Kier alpha value is -2.78. The van der Waals surface area contributed by atoms with Gasteiger partial charge in [0, 0.05) is 4.90 Å². The third-order valence-electron chi connectivity index (χ3n) is 4.30. The first-order valence-corrected chi connectivity index (χ1v) is 8.77. The van der Waals surface area contributed by atoms with Crippen molar-refractivity contribution in [2.24, 2.45) is 5.92 Å². The van der Waals surface area contributed by atoms with Crippen LogP contribution in [-0.4, -0.2) is 21.7 Å². The van der Waals surface area contributed by atoms with Gasteiger partial charge in [0.15, 0.2) is 5.92 Å². The highest BCUT2D eigenvalue weighted by molar-refractivity contribution is 7.98. The molecular weight excluding hydrogens is 320 g/mol. The standard InChI is InChI=1S/C18H14N4OS/c1-24-12-8-6-11(7-9-12)16-13(10-19)17(23)21-18-20-14-4-2-3-5-15(14)22(16)18/h2-9,13,16H,1H3,(H,20,21,23)/t13-,16-/m1/s1. The van der Waals surface area contributed by atoms with Gasteiger partial charge in [0.2, 0.25) is 11.9 Å². The number of thioether (sulfide) groups is 1. The minimum absolute atomic E-state index is 0.306. The molecule has 1 aliphatic heterocycles. The zero-order chi connectivity index (χ0) is 16.7. The first-order valence-electron chi connectivity index (χ1n) is 7.54. The second kappa shape index (κ2) is 5.69. The van der Waals surface area contributed by atoms with E-state index in [2.05, 4.69) is 16.4 Å². The van der Waals surface area contributed by atoms with Crippen LogP contribution >= 0.6 is 11.8 Å². The van der Waals surface area contributed by atoms with Gasteiger partial charge in [-0.15, -0.1) is 11.8 Å². The molecule has 1 aliphatic rings. The van der Waals surface area contributed by atoms with E-state index < -0.39 is 5.92 Å². The molecule has 4 rings (SSSR count). The predicted molar refractivity (Wildman–Crippen MR) is 93.8 cm³/mol. The Kier molecular flexibility index (Phi) is 3.51. The fourth-order valence-corrected chi connectivity index (χ4v) is 3.57. The molecule has 1 amide bonds. The number of hydrogen-bond acceptors (Lipinski definition) is 4. The fourth-order valence-electron chi connectivity index (χ4n) is 3.17. The summed E-state index contributed by atoms with van der Waals surface area (Å²) in [4.78, 5) is 18.0. The maximum Gasteiger partial charge on any atom is 0.246 e. The Morgan fingerprint density at radius 3 is 2.67 bits per heavy atom. The highest BCUT2D eigenvalue weighted by Crippen LogP contribution is 2.38. The van der Waals surface area contributed by atoms with Crippen molar-refractivity contribution in [3.63, 3.8) is 0 Å². The van der Waals surface area contributed by atoms with Crippen molar-refractivity contribution in [3.05, 3.63) is 54.1 Å². The summed E-state index contributed by atoms with van der Waals surface area (Å²) in [5.74, 6) is -0.610. The summed E-state index contributed by atoms with van der Waals surface area (Å²) in [5.41, 5.74) is 2.64. The van der Waals surface area contributed by atoms with E-state index in [1.165, 1.54) is 0 Å². The first-order chi connectivity index (χ1) is 11.7. The number of para-hydroxylation sites is 2. The molecule has 5 nitrogen and oxygen atoms in total. The highest BCUT2D eigenvalue weighted by Gasteiger charge is 2.38. The number of imidazole rings is 1. The number of nitriles is 1. The Labute approximate surface area is 143 Å². The van der Waals surface area contributed by atoms with E-state index in [9.17, 15) is 10.1 Å². The van der Waals surface area contributed by atoms with Crippen LogP contribution < -0.4 is 5.32 Å². The monoisotopic (exact) mass is 334 g/mol. The van der Waals surface area contributed by atoms with Crippen LogP contribution in [0.15, 0.2) is 53.4 Å². The van der Waals surface area contributed by atoms with Crippen LogP contribution in [0.3, 0.4) is 0 Å². The van der Waals surface area contributed by atoms with Crippen LogP contribution in [0.2, 0.25) is 0 Å². The van der Waals surface area contributed by atoms with E-state index >= 15 is 0 Å². The fraction of sp³-hybridized carbons (Fsp3) is 0.167. The molecule has 0 aliphatic carbocycles. The van der Waals surface area contributed by atoms with E-state index in [-0.39, 0.29) is 11.9 Å². The number of hydrogen-bond donors (Lipinski definition) is 1. The Morgan fingerprint density at radius 1 is 1.21 bits per heavy atom. The number of carbonyl (C=O) groups is 1. The number of benzene rings is 2. The van der Waals surface area contributed by atoms with E-state index in [4.69, 9.17) is 0 Å². The van der Waals surface area contributed by atoms with Gasteiger partial charge in [0.25, 0.3) is 0 Å². The van der Waals surface area contributed by atoms with Gasteiger partial charge in [-0.05, 0) is 36.1 Å². The van der Waals surface area contributed by atoms with Crippen molar-refractivity contribution in [1.29, 1.82) is 5.26 Å². The molecule has 0 spiro atoms. The number of aromatic nitrogens is 2. The number of fused-ring (bicyclic) bond motifs is 3. The summed E-state index contributed by atoms with van der Waals surface area (Å²) in [7, 11) is 0. The Morgan fingerprint density at radius 2 is 1.96 bits per heavy atom. The molecule has 118 valence electrons. The highest BCUT2D eigenvalue weighted by atomic mass is 32.2. The third kappa shape index (κ3) is 2.17. The van der Waals surface area contributed by atoms with Crippen LogP contribution in [0, 0.1) is 17.2 Å². The molecule has 0 saturated heterocycles. The lowest BCUT2D eigenvalue weighted by atomic mass is 9.91. The third-order valence-corrected chi connectivity index (χ3v) is 5.05. The largest absolute Gasteiger partial charge is 0.300 e. The minimum atomic E-state index is -0.796. The van der Waals surface area contributed by atoms with Crippen molar-refractivity contribution < 1.29 is 4.79 Å². The molecule has 3 aromatic rings. The van der Waals surface area contributed by atoms with Crippen molar-refractivity contribution in [1.82, 2.24) is 9.55 Å². The number of nitrogens with one attached hydrogen (secondary N) is 1. The van der Waals surface area contributed by atoms with Crippen molar-refractivity contribution in [2.75, 3.05) is 11.6 Å². The van der Waals surface area contributed by atoms with Crippen LogP contribution in [-0.2, 0) is 4.79 Å². The maximum atomic E-state index is 12.4. The molecular formula is C18H14N4OS. The van der Waals surface area contributed by atoms with E-state index in [0.29, 0.717) is 5.95 Å². The van der Waals surface area contributed by atoms with Crippen LogP contribution in [0.1, 0.15) is 11.6 Å². The zero-order valence-electron chi connectivity index (χ0n) is 12.9. The summed E-state index contributed by atoms with van der Waals surface area (Å²) in [6.45, 7) is 0. The molecule has 6 heteroatoms. The van der Waals surface area contributed by atoms with Gasteiger partial charge in [0.05, 0.1) is 23.1 Å². The maximum absolute atomic E-state index is 12.4. The zero-order valence-corrected chi connectivity index (χ0v) is 13.7. The molecule has 0 unspecified atom stereocenters. The Balaban J connectivity index is 1.95. The number of rotatable bonds is 2. The minimum Gasteiger partial charge on any atom is -0.300 e. The van der Waals surface area contributed by atoms with Crippen LogP contribution in [0.5, 0.6) is 0 Å². The lowest BCUT2D eigenvalue weighted by Crippen LogP contribution is -2.37. The molecule has 0 bridgehead atoms. The number of carbonyl (C=O) groups excluding carboxylic acids is 1.